The van der Waals surface area contributed by atoms with Crippen molar-refractivity contribution in [1.82, 2.24) is 0 Å². The van der Waals surface area contributed by atoms with Gasteiger partial charge in [0.25, 0.3) is 0 Å². The number of hydrogen-bond acceptors (Lipinski definition) is 5. The molecule has 2 aromatic carbocycles. The maximum atomic E-state index is 13.2. The van der Waals surface area contributed by atoms with Crippen LogP contribution in [0.5, 0.6) is 11.5 Å². The molecule has 0 spiro atoms. The van der Waals surface area contributed by atoms with Gasteiger partial charge < -0.3 is 14.8 Å². The summed E-state index contributed by atoms with van der Waals surface area (Å²) in [6, 6.07) is 10.2. The van der Waals surface area contributed by atoms with Crippen molar-refractivity contribution in [3.8, 4) is 11.5 Å². The van der Waals surface area contributed by atoms with Gasteiger partial charge in [-0.1, -0.05) is 6.07 Å². The number of carbonyl (C=O) groups excluding carboxylic acids is 1. The Morgan fingerprint density at radius 1 is 1.19 bits per heavy atom. The summed E-state index contributed by atoms with van der Waals surface area (Å²) in [4.78, 5) is 12.1. The van der Waals surface area contributed by atoms with E-state index in [1.807, 2.05) is 0 Å². The van der Waals surface area contributed by atoms with Gasteiger partial charge in [-0.25, -0.2) is 12.8 Å². The maximum absolute atomic E-state index is 13.2. The summed E-state index contributed by atoms with van der Waals surface area (Å²) in [5.74, 6) is 0.0809. The smallest absolute Gasteiger partial charge is 0.232 e. The Bertz CT molecular complexity index is 933. The number of hydrogen-bond donors (Lipinski definition) is 1. The van der Waals surface area contributed by atoms with E-state index in [4.69, 9.17) is 9.47 Å². The molecule has 0 saturated carbocycles. The van der Waals surface area contributed by atoms with Gasteiger partial charge in [0.1, 0.15) is 5.82 Å². The third-order valence-corrected chi connectivity index (χ3v) is 4.89. The van der Waals surface area contributed by atoms with Crippen LogP contribution in [0.2, 0.25) is 0 Å². The number of fused-ring (bicyclic) bond motifs is 1. The van der Waals surface area contributed by atoms with E-state index in [9.17, 15) is 17.6 Å². The molecule has 0 aliphatic carbocycles. The van der Waals surface area contributed by atoms with Gasteiger partial charge >= 0.3 is 0 Å². The largest absolute Gasteiger partial charge is 0.454 e. The van der Waals surface area contributed by atoms with E-state index in [2.05, 4.69) is 5.32 Å². The molecule has 138 valence electrons. The molecule has 1 heterocycles. The molecule has 3 rings (SSSR count). The number of carbonyl (C=O) groups is 1. The lowest BCUT2D eigenvalue weighted by Crippen LogP contribution is -2.33. The van der Waals surface area contributed by atoms with E-state index in [0.29, 0.717) is 22.9 Å². The molecule has 0 bridgehead atoms. The molecule has 0 aromatic heterocycles. The van der Waals surface area contributed by atoms with Crippen LogP contribution in [-0.4, -0.2) is 33.9 Å². The van der Waals surface area contributed by atoms with Crippen LogP contribution in [-0.2, 0) is 14.8 Å². The average Bonchev–Trinajstić information content (AvgIpc) is 3.01. The van der Waals surface area contributed by atoms with Gasteiger partial charge in [-0.3, -0.25) is 9.10 Å². The van der Waals surface area contributed by atoms with Crippen molar-refractivity contribution >= 4 is 27.3 Å². The number of amides is 1. The summed E-state index contributed by atoms with van der Waals surface area (Å²) < 4.78 is 49.0. The van der Waals surface area contributed by atoms with Crippen molar-refractivity contribution < 1.29 is 27.1 Å². The lowest BCUT2D eigenvalue weighted by atomic mass is 10.2. The second-order valence-electron chi connectivity index (χ2n) is 5.68. The fraction of sp³-hybridized carbons (Fsp3) is 0.235. The molecule has 1 amide bonds. The van der Waals surface area contributed by atoms with E-state index < -0.39 is 21.7 Å². The molecule has 0 atom stereocenters. The summed E-state index contributed by atoms with van der Waals surface area (Å²) in [6.07, 6.45) is 0.958. The van der Waals surface area contributed by atoms with E-state index in [1.54, 1.807) is 24.3 Å². The van der Waals surface area contributed by atoms with E-state index in [-0.39, 0.29) is 19.8 Å². The summed E-state index contributed by atoms with van der Waals surface area (Å²) in [7, 11) is -3.61. The van der Waals surface area contributed by atoms with Gasteiger partial charge in [0.15, 0.2) is 11.5 Å². The zero-order valence-electron chi connectivity index (χ0n) is 13.9. The maximum Gasteiger partial charge on any atom is 0.232 e. The average molecular weight is 380 g/mol. The lowest BCUT2D eigenvalue weighted by Gasteiger charge is -2.22. The Morgan fingerprint density at radius 3 is 2.69 bits per heavy atom. The Labute approximate surface area is 150 Å². The summed E-state index contributed by atoms with van der Waals surface area (Å²) in [5, 5.41) is 2.54. The van der Waals surface area contributed by atoms with E-state index in [1.165, 1.54) is 18.2 Å². The highest BCUT2D eigenvalue weighted by Gasteiger charge is 2.22. The second kappa shape index (κ2) is 7.20. The summed E-state index contributed by atoms with van der Waals surface area (Å²) in [5.41, 5.74) is 0.680. The molecule has 7 nitrogen and oxygen atoms in total. The molecule has 1 aliphatic rings. The highest BCUT2D eigenvalue weighted by atomic mass is 32.2. The Morgan fingerprint density at radius 2 is 1.96 bits per heavy atom. The van der Waals surface area contributed by atoms with Crippen molar-refractivity contribution in [2.75, 3.05) is 29.2 Å². The third kappa shape index (κ3) is 4.23. The molecular weight excluding hydrogens is 363 g/mol. The standard InChI is InChI=1S/C17H17FN2O5S/c1-26(22,23)20(14-5-6-15-16(10-14)25-11-24-15)8-7-17(21)19-13-4-2-3-12(18)9-13/h2-6,9-10H,7-8,11H2,1H3,(H,19,21). The third-order valence-electron chi connectivity index (χ3n) is 3.69. The Kier molecular flexibility index (Phi) is 4.99. The van der Waals surface area contributed by atoms with Crippen LogP contribution in [0.4, 0.5) is 15.8 Å². The predicted octanol–water partition coefficient (Wildman–Crippen LogP) is 2.35. The zero-order valence-corrected chi connectivity index (χ0v) is 14.8. The van der Waals surface area contributed by atoms with Gasteiger partial charge in [0, 0.05) is 24.7 Å². The predicted molar refractivity (Wildman–Crippen MR) is 94.4 cm³/mol. The van der Waals surface area contributed by atoms with Crippen LogP contribution in [0.15, 0.2) is 42.5 Å². The molecule has 2 aromatic rings. The van der Waals surface area contributed by atoms with E-state index in [0.717, 1.165) is 10.6 Å². The highest BCUT2D eigenvalue weighted by Crippen LogP contribution is 2.36. The minimum atomic E-state index is -3.61. The van der Waals surface area contributed by atoms with E-state index >= 15 is 0 Å². The number of rotatable bonds is 6. The van der Waals surface area contributed by atoms with Crippen molar-refractivity contribution in [1.29, 1.82) is 0 Å². The number of halogens is 1. The molecule has 9 heteroatoms. The molecule has 0 saturated heterocycles. The van der Waals surface area contributed by atoms with Crippen LogP contribution in [0, 0.1) is 5.82 Å². The number of nitrogens with zero attached hydrogens (tertiary/aromatic N) is 1. The van der Waals surface area contributed by atoms with Crippen LogP contribution in [0.25, 0.3) is 0 Å². The number of ether oxygens (including phenoxy) is 2. The van der Waals surface area contributed by atoms with Gasteiger partial charge in [-0.2, -0.15) is 0 Å². The van der Waals surface area contributed by atoms with Crippen LogP contribution in [0.3, 0.4) is 0 Å². The molecule has 26 heavy (non-hydrogen) atoms. The summed E-state index contributed by atoms with van der Waals surface area (Å²) in [6.45, 7) is 0.00727. The first kappa shape index (κ1) is 18.0. The van der Waals surface area contributed by atoms with Gasteiger partial charge in [0.2, 0.25) is 22.7 Å². The van der Waals surface area contributed by atoms with Crippen LogP contribution >= 0.6 is 0 Å². The van der Waals surface area contributed by atoms with Crippen molar-refractivity contribution in [2.24, 2.45) is 0 Å². The Hall–Kier alpha value is -2.81. The van der Waals surface area contributed by atoms with Gasteiger partial charge in [0.05, 0.1) is 11.9 Å². The fourth-order valence-electron chi connectivity index (χ4n) is 2.52. The fourth-order valence-corrected chi connectivity index (χ4v) is 3.44. The SMILES string of the molecule is CS(=O)(=O)N(CCC(=O)Nc1cccc(F)c1)c1ccc2c(c1)OCO2. The van der Waals surface area contributed by atoms with Crippen LogP contribution < -0.4 is 19.1 Å². The monoisotopic (exact) mass is 380 g/mol. The number of benzene rings is 2. The first-order valence-electron chi connectivity index (χ1n) is 7.76. The first-order valence-corrected chi connectivity index (χ1v) is 9.60. The summed E-state index contributed by atoms with van der Waals surface area (Å²) >= 11 is 0. The minimum Gasteiger partial charge on any atom is -0.454 e. The normalized spacial score (nSPS) is 12.7. The molecule has 1 N–H and O–H groups in total. The highest BCUT2D eigenvalue weighted by molar-refractivity contribution is 7.92. The zero-order chi connectivity index (χ0) is 18.7. The number of anilines is 2. The molecule has 0 radical (unpaired) electrons. The van der Waals surface area contributed by atoms with Gasteiger partial charge in [-0.15, -0.1) is 0 Å². The second-order valence-corrected chi connectivity index (χ2v) is 7.59. The first-order chi connectivity index (χ1) is 12.3. The lowest BCUT2D eigenvalue weighted by molar-refractivity contribution is -0.116. The van der Waals surface area contributed by atoms with Crippen molar-refractivity contribution in [2.45, 2.75) is 6.42 Å². The Balaban J connectivity index is 1.70. The van der Waals surface area contributed by atoms with Crippen molar-refractivity contribution in [3.05, 3.63) is 48.3 Å². The van der Waals surface area contributed by atoms with Gasteiger partial charge in [-0.05, 0) is 30.3 Å². The topological polar surface area (TPSA) is 84.9 Å². The quantitative estimate of drug-likeness (QED) is 0.832. The molecule has 0 fully saturated rings. The minimum absolute atomic E-state index is 0.0698. The van der Waals surface area contributed by atoms with Crippen molar-refractivity contribution in [3.63, 3.8) is 0 Å². The molecule has 0 unspecified atom stereocenters. The van der Waals surface area contributed by atoms with Crippen LogP contribution in [0.1, 0.15) is 6.42 Å². The molecule has 1 aliphatic heterocycles. The molecular formula is C17H17FN2O5S. The number of nitrogens with one attached hydrogen (secondary N) is 1. The number of sulfonamides is 1.